The normalized spacial score (nSPS) is 15.8. The maximum atomic E-state index is 14.0. The monoisotopic (exact) mass is 491 g/mol. The number of nitrogens with zero attached hydrogens (tertiary/aromatic N) is 1. The number of carbonyl (C=O) groups excluding carboxylic acids is 1. The Morgan fingerprint density at radius 1 is 1.09 bits per heavy atom. The van der Waals surface area contributed by atoms with E-state index in [0.717, 1.165) is 11.3 Å². The summed E-state index contributed by atoms with van der Waals surface area (Å²) in [4.78, 5) is 14.4. The highest BCUT2D eigenvalue weighted by atomic mass is 35.5. The molecule has 1 aliphatic rings. The zero-order valence-electron chi connectivity index (χ0n) is 17.2. The van der Waals surface area contributed by atoms with Gasteiger partial charge in [-0.25, -0.2) is 4.39 Å². The Hall–Kier alpha value is -2.41. The SMILES string of the molecule is CCOc1cc([C@H]2SCC(=O)N2c2ccc(Cl)cc2)cc(Cl)c1OCc1ccccc1F. The summed E-state index contributed by atoms with van der Waals surface area (Å²) in [6, 6.07) is 17.1. The van der Waals surface area contributed by atoms with Crippen LogP contribution < -0.4 is 14.4 Å². The largest absolute Gasteiger partial charge is 0.490 e. The van der Waals surface area contributed by atoms with Gasteiger partial charge in [0.15, 0.2) is 11.5 Å². The van der Waals surface area contributed by atoms with E-state index in [1.54, 1.807) is 41.3 Å². The van der Waals surface area contributed by atoms with Crippen LogP contribution in [0.3, 0.4) is 0 Å². The summed E-state index contributed by atoms with van der Waals surface area (Å²) >= 11 is 14.1. The molecular formula is C24H20Cl2FNO3S. The lowest BCUT2D eigenvalue weighted by Gasteiger charge is -2.25. The highest BCUT2D eigenvalue weighted by molar-refractivity contribution is 8.00. The number of halogens is 3. The third-order valence-electron chi connectivity index (χ3n) is 4.92. The van der Waals surface area contributed by atoms with Gasteiger partial charge >= 0.3 is 0 Å². The molecule has 32 heavy (non-hydrogen) atoms. The summed E-state index contributed by atoms with van der Waals surface area (Å²) in [5.41, 5.74) is 1.98. The fourth-order valence-corrected chi connectivity index (χ4v) is 5.01. The first-order valence-electron chi connectivity index (χ1n) is 9.99. The van der Waals surface area contributed by atoms with Crippen LogP contribution in [0, 0.1) is 5.82 Å². The number of ether oxygens (including phenoxy) is 2. The van der Waals surface area contributed by atoms with Crippen LogP contribution in [0.5, 0.6) is 11.5 Å². The van der Waals surface area contributed by atoms with Gasteiger partial charge in [-0.3, -0.25) is 9.69 Å². The highest BCUT2D eigenvalue weighted by Gasteiger charge is 2.35. The standard InChI is InChI=1S/C24H20Cl2FNO3S/c1-2-30-21-12-16(11-19(26)23(21)31-13-15-5-3-4-6-20(15)27)24-28(22(29)14-32-24)18-9-7-17(25)8-10-18/h3-12,24H,2,13-14H2,1H3/t24-/m1/s1. The van der Waals surface area contributed by atoms with E-state index in [2.05, 4.69) is 0 Å². The van der Waals surface area contributed by atoms with Crippen LogP contribution in [0.25, 0.3) is 0 Å². The van der Waals surface area contributed by atoms with Crippen LogP contribution in [0.2, 0.25) is 10.0 Å². The Morgan fingerprint density at radius 2 is 1.84 bits per heavy atom. The van der Waals surface area contributed by atoms with Crippen molar-refractivity contribution in [1.29, 1.82) is 0 Å². The molecule has 0 radical (unpaired) electrons. The molecule has 0 aromatic heterocycles. The number of benzene rings is 3. The van der Waals surface area contributed by atoms with Gasteiger partial charge in [0.05, 0.1) is 17.4 Å². The number of anilines is 1. The summed E-state index contributed by atoms with van der Waals surface area (Å²) in [5, 5.41) is 0.655. The van der Waals surface area contributed by atoms with E-state index in [4.69, 9.17) is 32.7 Å². The van der Waals surface area contributed by atoms with Crippen LogP contribution in [-0.2, 0) is 11.4 Å². The van der Waals surface area contributed by atoms with Gasteiger partial charge < -0.3 is 9.47 Å². The summed E-state index contributed by atoms with van der Waals surface area (Å²) in [6.07, 6.45) is 0. The van der Waals surface area contributed by atoms with Gasteiger partial charge in [0.1, 0.15) is 17.8 Å². The number of amides is 1. The minimum absolute atomic E-state index is 0.00344. The minimum atomic E-state index is -0.349. The maximum absolute atomic E-state index is 14.0. The average Bonchev–Trinajstić information content (AvgIpc) is 3.16. The number of hydrogen-bond donors (Lipinski definition) is 0. The topological polar surface area (TPSA) is 38.8 Å². The molecule has 1 heterocycles. The van der Waals surface area contributed by atoms with Crippen LogP contribution in [0.4, 0.5) is 10.1 Å². The van der Waals surface area contributed by atoms with E-state index < -0.39 is 0 Å². The molecule has 4 nitrogen and oxygen atoms in total. The van der Waals surface area contributed by atoms with Crippen LogP contribution >= 0.6 is 35.0 Å². The van der Waals surface area contributed by atoms with Crippen LogP contribution in [0.1, 0.15) is 23.4 Å². The maximum Gasteiger partial charge on any atom is 0.238 e. The molecule has 0 aliphatic carbocycles. The Labute approximate surface area is 200 Å². The van der Waals surface area contributed by atoms with Crippen molar-refractivity contribution in [2.24, 2.45) is 0 Å². The molecule has 3 aromatic rings. The predicted molar refractivity (Wildman–Crippen MR) is 127 cm³/mol. The van der Waals surface area contributed by atoms with Crippen molar-refractivity contribution in [3.63, 3.8) is 0 Å². The molecule has 1 amide bonds. The Morgan fingerprint density at radius 3 is 2.56 bits per heavy atom. The first kappa shape index (κ1) is 22.8. The molecule has 1 aliphatic heterocycles. The summed E-state index contributed by atoms with van der Waals surface area (Å²) < 4.78 is 25.6. The van der Waals surface area contributed by atoms with Gasteiger partial charge in [-0.15, -0.1) is 11.8 Å². The van der Waals surface area contributed by atoms with Crippen molar-refractivity contribution in [2.75, 3.05) is 17.3 Å². The van der Waals surface area contributed by atoms with Crippen molar-refractivity contribution in [1.82, 2.24) is 0 Å². The molecule has 8 heteroatoms. The summed E-state index contributed by atoms with van der Waals surface area (Å²) in [7, 11) is 0. The van der Waals surface area contributed by atoms with Gasteiger partial charge in [-0.2, -0.15) is 0 Å². The van der Waals surface area contributed by atoms with Crippen LogP contribution in [0.15, 0.2) is 60.7 Å². The van der Waals surface area contributed by atoms with Crippen molar-refractivity contribution in [3.8, 4) is 11.5 Å². The number of thioether (sulfide) groups is 1. The van der Waals surface area contributed by atoms with Gasteiger partial charge in [-0.05, 0) is 55.0 Å². The third-order valence-corrected chi connectivity index (χ3v) is 6.66. The molecule has 0 N–H and O–H groups in total. The fraction of sp³-hybridized carbons (Fsp3) is 0.208. The Balaban J connectivity index is 1.65. The molecule has 3 aromatic carbocycles. The van der Waals surface area contributed by atoms with Gasteiger partial charge in [-0.1, -0.05) is 41.4 Å². The minimum Gasteiger partial charge on any atom is -0.490 e. The van der Waals surface area contributed by atoms with E-state index >= 15 is 0 Å². The number of carbonyl (C=O) groups is 1. The molecule has 0 saturated carbocycles. The van der Waals surface area contributed by atoms with E-state index in [1.807, 2.05) is 25.1 Å². The van der Waals surface area contributed by atoms with Gasteiger partial charge in [0, 0.05) is 16.3 Å². The molecule has 1 atom stereocenters. The van der Waals surface area contributed by atoms with E-state index in [9.17, 15) is 9.18 Å². The first-order chi connectivity index (χ1) is 15.5. The van der Waals surface area contributed by atoms with Crippen LogP contribution in [-0.4, -0.2) is 18.3 Å². The lowest BCUT2D eigenvalue weighted by molar-refractivity contribution is -0.115. The Kier molecular flexibility index (Phi) is 7.13. The molecule has 1 fully saturated rings. The molecule has 0 spiro atoms. The number of hydrogen-bond acceptors (Lipinski definition) is 4. The second-order valence-electron chi connectivity index (χ2n) is 7.05. The quantitative estimate of drug-likeness (QED) is 0.360. The fourth-order valence-electron chi connectivity index (χ4n) is 3.45. The molecule has 0 bridgehead atoms. The molecule has 1 saturated heterocycles. The zero-order chi connectivity index (χ0) is 22.7. The molecule has 166 valence electrons. The second-order valence-corrected chi connectivity index (χ2v) is 8.96. The highest BCUT2D eigenvalue weighted by Crippen LogP contribution is 2.46. The van der Waals surface area contributed by atoms with Crippen molar-refractivity contribution >= 4 is 46.6 Å². The second kappa shape index (κ2) is 10.0. The predicted octanol–water partition coefficient (Wildman–Crippen LogP) is 6.89. The van der Waals surface area contributed by atoms with Crippen molar-refractivity contribution in [3.05, 3.63) is 87.7 Å². The molecular weight excluding hydrogens is 472 g/mol. The van der Waals surface area contributed by atoms with E-state index in [-0.39, 0.29) is 23.7 Å². The average molecular weight is 492 g/mol. The van der Waals surface area contributed by atoms with Gasteiger partial charge in [0.2, 0.25) is 5.91 Å². The smallest absolute Gasteiger partial charge is 0.238 e. The summed E-state index contributed by atoms with van der Waals surface area (Å²) in [5.74, 6) is 0.782. The third kappa shape index (κ3) is 4.82. The number of rotatable bonds is 7. The van der Waals surface area contributed by atoms with Gasteiger partial charge in [0.25, 0.3) is 0 Å². The van der Waals surface area contributed by atoms with E-state index in [0.29, 0.717) is 39.5 Å². The van der Waals surface area contributed by atoms with E-state index in [1.165, 1.54) is 17.8 Å². The first-order valence-corrected chi connectivity index (χ1v) is 11.8. The molecule has 0 unspecified atom stereocenters. The zero-order valence-corrected chi connectivity index (χ0v) is 19.5. The Bertz CT molecular complexity index is 1130. The lowest BCUT2D eigenvalue weighted by atomic mass is 10.1. The van der Waals surface area contributed by atoms with Crippen molar-refractivity contribution in [2.45, 2.75) is 18.9 Å². The lowest BCUT2D eigenvalue weighted by Crippen LogP contribution is -2.27. The molecule has 4 rings (SSSR count). The van der Waals surface area contributed by atoms with Crippen molar-refractivity contribution < 1.29 is 18.7 Å². The summed E-state index contributed by atoms with van der Waals surface area (Å²) in [6.45, 7) is 2.27.